The summed E-state index contributed by atoms with van der Waals surface area (Å²) < 4.78 is 1.63. The number of hydrogen-bond acceptors (Lipinski definition) is 5. The Balaban J connectivity index is 0.00000259. The van der Waals surface area contributed by atoms with Gasteiger partial charge in [0.2, 0.25) is 5.95 Å². The number of benzene rings is 2. The number of halogens is 2. The van der Waals surface area contributed by atoms with Crippen LogP contribution in [-0.2, 0) is 13.5 Å². The zero-order chi connectivity index (χ0) is 22.5. The molecule has 33 heavy (non-hydrogen) atoms. The third-order valence-corrected chi connectivity index (χ3v) is 8.87. The van der Waals surface area contributed by atoms with Crippen LogP contribution in [0.3, 0.4) is 0 Å². The van der Waals surface area contributed by atoms with Gasteiger partial charge in [0.25, 0.3) is 5.56 Å². The van der Waals surface area contributed by atoms with Gasteiger partial charge in [0.1, 0.15) is 0 Å². The predicted octanol–water partition coefficient (Wildman–Crippen LogP) is 5.72. The Morgan fingerprint density at radius 1 is 1.09 bits per heavy atom. The van der Waals surface area contributed by atoms with E-state index < -0.39 is 0 Å². The fraction of sp³-hybridized carbons (Fsp3) is 0.360. The zero-order valence-corrected chi connectivity index (χ0v) is 20.1. The fourth-order valence-electron chi connectivity index (χ4n) is 5.02. The van der Waals surface area contributed by atoms with Crippen LogP contribution in [0.25, 0.3) is 0 Å². The summed E-state index contributed by atoms with van der Waals surface area (Å²) in [5, 5.41) is 0.910. The van der Waals surface area contributed by atoms with Crippen molar-refractivity contribution in [2.45, 2.75) is 42.5 Å². The average molecular weight is 503 g/mol. The van der Waals surface area contributed by atoms with E-state index in [0.717, 1.165) is 37.2 Å². The van der Waals surface area contributed by atoms with Crippen LogP contribution in [0.2, 0.25) is 10.0 Å². The van der Waals surface area contributed by atoms with Crippen molar-refractivity contribution in [3.05, 3.63) is 80.2 Å². The van der Waals surface area contributed by atoms with Crippen molar-refractivity contribution in [1.29, 1.82) is 0 Å². The second-order valence-electron chi connectivity index (χ2n) is 8.64. The molecule has 5 rings (SSSR count). The molecule has 5 nitrogen and oxygen atoms in total. The molecule has 0 amide bonds. The molecule has 174 valence electrons. The highest BCUT2D eigenvalue weighted by Crippen LogP contribution is 2.50. The van der Waals surface area contributed by atoms with Crippen LogP contribution < -0.4 is 16.2 Å². The molecule has 1 aromatic heterocycles. The molecule has 1 fully saturated rings. The zero-order valence-electron chi connectivity index (χ0n) is 17.7. The number of fused-ring (bicyclic) bond motifs is 1. The summed E-state index contributed by atoms with van der Waals surface area (Å²) in [6, 6.07) is 14.0. The van der Waals surface area contributed by atoms with Gasteiger partial charge in [-0.05, 0) is 47.9 Å². The molecule has 3 aromatic rings. The maximum atomic E-state index is 13.1. The molecule has 0 unspecified atom stereocenters. The number of anilines is 1. The van der Waals surface area contributed by atoms with Gasteiger partial charge in [0.15, 0.2) is 0 Å². The molecule has 2 aliphatic rings. The van der Waals surface area contributed by atoms with Crippen molar-refractivity contribution >= 4 is 40.9 Å². The van der Waals surface area contributed by atoms with E-state index in [2.05, 4.69) is 34.1 Å². The quantitative estimate of drug-likeness (QED) is 0.496. The molecule has 2 N–H and O–H groups in total. The molecular weight excluding hydrogens is 475 g/mol. The fourth-order valence-corrected chi connectivity index (χ4v) is 6.40. The number of piperidine rings is 1. The van der Waals surface area contributed by atoms with Gasteiger partial charge in [-0.15, -0.1) is 0 Å². The van der Waals surface area contributed by atoms with Crippen LogP contribution in [0.15, 0.2) is 63.2 Å². The highest BCUT2D eigenvalue weighted by atomic mass is 35.5. The first-order valence-corrected chi connectivity index (χ1v) is 12.2. The van der Waals surface area contributed by atoms with Gasteiger partial charge in [0.05, 0.1) is 21.1 Å². The lowest BCUT2D eigenvalue weighted by Crippen LogP contribution is -2.46. The highest BCUT2D eigenvalue weighted by molar-refractivity contribution is 7.99. The van der Waals surface area contributed by atoms with Gasteiger partial charge >= 0.3 is 0 Å². The van der Waals surface area contributed by atoms with Crippen LogP contribution in [-0.4, -0.2) is 22.6 Å². The van der Waals surface area contributed by atoms with Crippen molar-refractivity contribution < 1.29 is 0 Å². The Bertz CT molecular complexity index is 1240. The second kappa shape index (κ2) is 9.34. The van der Waals surface area contributed by atoms with E-state index in [-0.39, 0.29) is 24.4 Å². The van der Waals surface area contributed by atoms with Crippen LogP contribution in [0, 0.1) is 5.41 Å². The lowest BCUT2D eigenvalue weighted by atomic mass is 9.73. The van der Waals surface area contributed by atoms with Crippen LogP contribution >= 0.6 is 35.0 Å². The Morgan fingerprint density at radius 3 is 2.55 bits per heavy atom. The summed E-state index contributed by atoms with van der Waals surface area (Å²) in [6.07, 6.45) is 4.63. The monoisotopic (exact) mass is 502 g/mol. The molecule has 0 bridgehead atoms. The minimum Gasteiger partial charge on any atom is -0.342 e. The van der Waals surface area contributed by atoms with Gasteiger partial charge in [-0.3, -0.25) is 9.36 Å². The molecular formula is C25H28Cl2N4OS. The van der Waals surface area contributed by atoms with Gasteiger partial charge in [0, 0.05) is 31.1 Å². The topological polar surface area (TPSA) is 64.2 Å². The highest BCUT2D eigenvalue weighted by Gasteiger charge is 2.46. The summed E-state index contributed by atoms with van der Waals surface area (Å²) in [4.78, 5) is 21.2. The largest absolute Gasteiger partial charge is 0.342 e. The lowest BCUT2D eigenvalue weighted by molar-refractivity contribution is 0.186. The van der Waals surface area contributed by atoms with E-state index in [1.165, 1.54) is 22.9 Å². The van der Waals surface area contributed by atoms with Crippen molar-refractivity contribution in [2.75, 3.05) is 18.0 Å². The lowest BCUT2D eigenvalue weighted by Gasteiger charge is -2.42. The number of aromatic nitrogens is 2. The van der Waals surface area contributed by atoms with Crippen molar-refractivity contribution in [3.63, 3.8) is 0 Å². The number of nitrogens with two attached hydrogens (primary N) is 1. The van der Waals surface area contributed by atoms with E-state index in [9.17, 15) is 4.79 Å². The molecule has 1 saturated heterocycles. The van der Waals surface area contributed by atoms with Gasteiger partial charge in [-0.25, -0.2) is 4.98 Å². The minimum atomic E-state index is -0.0960. The molecule has 0 radical (unpaired) electrons. The maximum absolute atomic E-state index is 13.1. The van der Waals surface area contributed by atoms with E-state index in [1.54, 1.807) is 23.9 Å². The first-order valence-electron chi connectivity index (χ1n) is 10.7. The molecule has 8 heteroatoms. The second-order valence-corrected chi connectivity index (χ2v) is 10.5. The van der Waals surface area contributed by atoms with Gasteiger partial charge in [-0.2, -0.15) is 0 Å². The van der Waals surface area contributed by atoms with Gasteiger partial charge in [-0.1, -0.05) is 72.7 Å². The van der Waals surface area contributed by atoms with Crippen LogP contribution in [0.5, 0.6) is 0 Å². The predicted molar refractivity (Wildman–Crippen MR) is 138 cm³/mol. The van der Waals surface area contributed by atoms with E-state index in [0.29, 0.717) is 20.9 Å². The van der Waals surface area contributed by atoms with Crippen molar-refractivity contribution in [3.8, 4) is 0 Å². The SMILES string of the molecule is C.Cn1c(N2CCC3(CC2)Cc2ccccc2[C@H]3N)ncc(Sc2cccc(Cl)c2Cl)c1=O. The third kappa shape index (κ3) is 4.18. The maximum Gasteiger partial charge on any atom is 0.268 e. The molecule has 1 aliphatic heterocycles. The smallest absolute Gasteiger partial charge is 0.268 e. The summed E-state index contributed by atoms with van der Waals surface area (Å²) in [5.74, 6) is 0.690. The summed E-state index contributed by atoms with van der Waals surface area (Å²) in [7, 11) is 1.77. The molecule has 2 heterocycles. The summed E-state index contributed by atoms with van der Waals surface area (Å²) in [6.45, 7) is 1.66. The van der Waals surface area contributed by atoms with E-state index in [4.69, 9.17) is 28.9 Å². The third-order valence-electron chi connectivity index (χ3n) is 6.88. The number of rotatable bonds is 3. The Kier molecular flexibility index (Phi) is 6.83. The molecule has 1 aliphatic carbocycles. The summed E-state index contributed by atoms with van der Waals surface area (Å²) in [5.41, 5.74) is 9.36. The molecule has 2 aromatic carbocycles. The molecule has 1 spiro atoms. The Morgan fingerprint density at radius 2 is 1.82 bits per heavy atom. The Hall–Kier alpha value is -1.99. The van der Waals surface area contributed by atoms with E-state index in [1.807, 2.05) is 12.1 Å². The Labute approximate surface area is 208 Å². The van der Waals surface area contributed by atoms with Crippen molar-refractivity contribution in [2.24, 2.45) is 18.2 Å². The standard InChI is InChI=1S/C24H24Cl2N4OS.CH4/c1-29-22(31)19(32-18-8-4-7-17(25)20(18)26)14-28-23(29)30-11-9-24(10-12-30)13-15-5-2-3-6-16(15)21(24)27;/h2-8,14,21H,9-13,27H2,1H3;1H4/t21-;/m1./s1. The van der Waals surface area contributed by atoms with E-state index >= 15 is 0 Å². The minimum absolute atomic E-state index is 0. The first kappa shape index (κ1) is 24.1. The first-order chi connectivity index (χ1) is 15.4. The van der Waals surface area contributed by atoms with Crippen LogP contribution in [0.4, 0.5) is 5.95 Å². The van der Waals surface area contributed by atoms with Crippen LogP contribution in [0.1, 0.15) is 37.4 Å². The average Bonchev–Trinajstić information content (AvgIpc) is 3.07. The summed E-state index contributed by atoms with van der Waals surface area (Å²) >= 11 is 13.7. The molecule has 0 saturated carbocycles. The number of nitrogens with zero attached hydrogens (tertiary/aromatic N) is 3. The number of hydrogen-bond donors (Lipinski definition) is 1. The molecule has 1 atom stereocenters. The normalized spacial score (nSPS) is 18.8. The van der Waals surface area contributed by atoms with Gasteiger partial charge < -0.3 is 10.6 Å². The van der Waals surface area contributed by atoms with Crippen molar-refractivity contribution in [1.82, 2.24) is 9.55 Å².